The Labute approximate surface area is 187 Å². The van der Waals surface area contributed by atoms with E-state index in [1.165, 1.54) is 37.1 Å². The predicted octanol–water partition coefficient (Wildman–Crippen LogP) is 3.01. The lowest BCUT2D eigenvalue weighted by molar-refractivity contribution is -0.143. The number of hydrogen-bond donors (Lipinski definition) is 0. The average Bonchev–Trinajstić information content (AvgIpc) is 2.74. The number of hydrogen-bond acceptors (Lipinski definition) is 7. The van der Waals surface area contributed by atoms with Crippen LogP contribution in [0.3, 0.4) is 0 Å². The second-order valence-electron chi connectivity index (χ2n) is 6.31. The zero-order chi connectivity index (χ0) is 22.7. The van der Waals surface area contributed by atoms with Gasteiger partial charge in [-0.1, -0.05) is 19.0 Å². The molecule has 0 aliphatic carbocycles. The van der Waals surface area contributed by atoms with Crippen LogP contribution >= 0.6 is 11.6 Å². The van der Waals surface area contributed by atoms with E-state index in [9.17, 15) is 18.8 Å². The number of pyridine rings is 1. The zero-order valence-electron chi connectivity index (χ0n) is 16.7. The quantitative estimate of drug-likeness (QED) is 0.515. The van der Waals surface area contributed by atoms with E-state index in [2.05, 4.69) is 9.72 Å². The summed E-state index contributed by atoms with van der Waals surface area (Å²) in [6.07, 6.45) is 1.41. The van der Waals surface area contributed by atoms with Crippen LogP contribution in [0.1, 0.15) is 13.1 Å². The number of benzene rings is 1. The molecule has 2 aromatic heterocycles. The van der Waals surface area contributed by atoms with E-state index < -0.39 is 29.6 Å². The maximum Gasteiger partial charge on any atom is 0.343 e. The average molecular weight is 466 g/mol. The van der Waals surface area contributed by atoms with Gasteiger partial charge >= 0.3 is 11.7 Å². The molecule has 2 heterocycles. The second kappa shape index (κ2) is 10.1. The largest absolute Gasteiger partial charge is 0.466 e. The van der Waals surface area contributed by atoms with Gasteiger partial charge in [0.1, 0.15) is 11.6 Å². The lowest BCUT2D eigenvalue weighted by Crippen LogP contribution is -2.38. The van der Waals surface area contributed by atoms with Crippen molar-refractivity contribution in [2.75, 3.05) is 13.7 Å². The van der Waals surface area contributed by atoms with Crippen LogP contribution in [0.5, 0.6) is 17.4 Å². The van der Waals surface area contributed by atoms with Crippen LogP contribution in [0.25, 0.3) is 5.69 Å². The fourth-order valence-electron chi connectivity index (χ4n) is 2.59. The van der Waals surface area contributed by atoms with Crippen LogP contribution in [0.15, 0.2) is 46.1 Å². The Balaban J connectivity index is 0.00000363. The first kappa shape index (κ1) is 24.6. The van der Waals surface area contributed by atoms with Gasteiger partial charge in [0.05, 0.1) is 17.8 Å². The molecule has 0 N–H and O–H groups in total. The van der Waals surface area contributed by atoms with Crippen LogP contribution in [-0.4, -0.2) is 33.8 Å². The lowest BCUT2D eigenvalue weighted by atomic mass is 10.2. The highest BCUT2D eigenvalue weighted by molar-refractivity contribution is 6.32. The number of rotatable bonds is 6. The highest BCUT2D eigenvalue weighted by Crippen LogP contribution is 2.35. The molecule has 0 atom stereocenters. The summed E-state index contributed by atoms with van der Waals surface area (Å²) < 4.78 is 32.0. The molecule has 0 radical (unpaired) electrons. The fourth-order valence-corrected chi connectivity index (χ4v) is 2.78. The third kappa shape index (κ3) is 4.97. The van der Waals surface area contributed by atoms with Gasteiger partial charge in [0, 0.05) is 31.1 Å². The van der Waals surface area contributed by atoms with Gasteiger partial charge in [-0.15, -0.1) is 0 Å². The van der Waals surface area contributed by atoms with E-state index >= 15 is 0 Å². The molecule has 170 valence electrons. The minimum atomic E-state index is -0.895. The molecule has 3 rings (SSSR count). The van der Waals surface area contributed by atoms with Crippen molar-refractivity contribution in [1.29, 1.82) is 0 Å². The number of ether oxygens (including phenoxy) is 3. The van der Waals surface area contributed by atoms with Crippen molar-refractivity contribution in [1.82, 2.24) is 14.1 Å². The molecule has 0 fully saturated rings. The third-order valence-corrected chi connectivity index (χ3v) is 4.61. The van der Waals surface area contributed by atoms with Gasteiger partial charge in [-0.25, -0.2) is 23.5 Å². The maximum atomic E-state index is 14.6. The van der Waals surface area contributed by atoms with Crippen molar-refractivity contribution >= 4 is 17.6 Å². The molecule has 0 saturated heterocycles. The molecule has 11 heteroatoms. The Bertz CT molecular complexity index is 1270. The van der Waals surface area contributed by atoms with E-state index in [1.807, 2.05) is 0 Å². The van der Waals surface area contributed by atoms with E-state index in [1.54, 1.807) is 13.0 Å². The van der Waals surface area contributed by atoms with Crippen molar-refractivity contribution in [2.45, 2.75) is 14.4 Å². The monoisotopic (exact) mass is 465 g/mol. The number of methoxy groups -OCH3 is 1. The summed E-state index contributed by atoms with van der Waals surface area (Å²) in [6.45, 7) is 1.17. The normalized spacial score (nSPS) is 10.3. The summed E-state index contributed by atoms with van der Waals surface area (Å²) in [4.78, 5) is 40.2. The molecular formula is C21H21ClFN3O6. The number of carbonyl (C=O) groups is 1. The molecule has 0 aliphatic rings. The molecule has 0 bridgehead atoms. The summed E-state index contributed by atoms with van der Waals surface area (Å²) in [6, 6.07) is 6.26. The van der Waals surface area contributed by atoms with Gasteiger partial charge in [-0.3, -0.25) is 4.79 Å². The van der Waals surface area contributed by atoms with Gasteiger partial charge in [0.25, 0.3) is 11.4 Å². The van der Waals surface area contributed by atoms with Gasteiger partial charge in [-0.05, 0) is 25.1 Å². The van der Waals surface area contributed by atoms with Crippen LogP contribution in [0.2, 0.25) is 5.02 Å². The Morgan fingerprint density at radius 2 is 1.94 bits per heavy atom. The van der Waals surface area contributed by atoms with E-state index in [-0.39, 0.29) is 35.5 Å². The van der Waals surface area contributed by atoms with Crippen molar-refractivity contribution in [2.24, 2.45) is 7.05 Å². The molecule has 0 spiro atoms. The first-order valence-corrected chi connectivity index (χ1v) is 9.22. The Morgan fingerprint density at radius 3 is 2.62 bits per heavy atom. The first-order chi connectivity index (χ1) is 14.7. The van der Waals surface area contributed by atoms with Crippen molar-refractivity contribution in [3.8, 4) is 23.1 Å². The maximum absolute atomic E-state index is 14.6. The standard InChI is InChI=1S/C20H17ClFN3O6.CH4/c1-11-7-17(26)25(20(28)24(11)2)14-9-16(12(21)8-13(14)22)31-15-5-4-6-23-19(15)30-10-18(27)29-3;/h4-9H,10H2,1-3H3;1H4. The summed E-state index contributed by atoms with van der Waals surface area (Å²) >= 11 is 6.11. The molecule has 0 unspecified atom stereocenters. The molecule has 9 nitrogen and oxygen atoms in total. The smallest absolute Gasteiger partial charge is 0.343 e. The summed E-state index contributed by atoms with van der Waals surface area (Å²) in [5.41, 5.74) is -1.37. The fraction of sp³-hybridized carbons (Fsp3) is 0.238. The Kier molecular flexibility index (Phi) is 7.77. The number of nitrogens with zero attached hydrogens (tertiary/aromatic N) is 3. The van der Waals surface area contributed by atoms with Gasteiger partial charge < -0.3 is 18.8 Å². The zero-order valence-corrected chi connectivity index (χ0v) is 17.5. The molecule has 0 amide bonds. The SMILES string of the molecule is C.COC(=O)COc1ncccc1Oc1cc(-n2c(=O)cc(C)n(C)c2=O)c(F)cc1Cl. The van der Waals surface area contributed by atoms with Crippen molar-refractivity contribution in [3.63, 3.8) is 0 Å². The highest BCUT2D eigenvalue weighted by Gasteiger charge is 2.18. The number of aromatic nitrogens is 3. The predicted molar refractivity (Wildman–Crippen MR) is 116 cm³/mol. The number of carbonyl (C=O) groups excluding carboxylic acids is 1. The molecule has 0 aliphatic heterocycles. The number of aryl methyl sites for hydroxylation is 1. The first-order valence-electron chi connectivity index (χ1n) is 8.84. The van der Waals surface area contributed by atoms with Gasteiger partial charge in [0.15, 0.2) is 12.4 Å². The number of esters is 1. The number of halogens is 2. The summed E-state index contributed by atoms with van der Waals surface area (Å²) in [5, 5.41) is -0.124. The molecule has 3 aromatic rings. The van der Waals surface area contributed by atoms with Crippen LogP contribution < -0.4 is 20.7 Å². The minimum Gasteiger partial charge on any atom is -0.466 e. The lowest BCUT2D eigenvalue weighted by Gasteiger charge is -2.14. The summed E-state index contributed by atoms with van der Waals surface area (Å²) in [7, 11) is 2.66. The van der Waals surface area contributed by atoms with Crippen molar-refractivity contribution in [3.05, 3.63) is 73.9 Å². The topological polar surface area (TPSA) is 102 Å². The van der Waals surface area contributed by atoms with Gasteiger partial charge in [0.2, 0.25) is 0 Å². The summed E-state index contributed by atoms with van der Waals surface area (Å²) in [5.74, 6) is -1.57. The molecule has 1 aromatic carbocycles. The third-order valence-electron chi connectivity index (χ3n) is 4.31. The molecule has 32 heavy (non-hydrogen) atoms. The van der Waals surface area contributed by atoms with Crippen molar-refractivity contribution < 1.29 is 23.4 Å². The van der Waals surface area contributed by atoms with E-state index in [0.717, 1.165) is 12.1 Å². The second-order valence-corrected chi connectivity index (χ2v) is 6.72. The van der Waals surface area contributed by atoms with Crippen LogP contribution in [-0.2, 0) is 16.6 Å². The molecule has 0 saturated carbocycles. The van der Waals surface area contributed by atoms with Crippen LogP contribution in [0, 0.1) is 12.7 Å². The van der Waals surface area contributed by atoms with Gasteiger partial charge in [-0.2, -0.15) is 0 Å². The van der Waals surface area contributed by atoms with E-state index in [0.29, 0.717) is 10.3 Å². The Morgan fingerprint density at radius 1 is 1.22 bits per heavy atom. The highest BCUT2D eigenvalue weighted by atomic mass is 35.5. The van der Waals surface area contributed by atoms with E-state index in [4.69, 9.17) is 21.1 Å². The Hall–Kier alpha value is -3.66. The minimum absolute atomic E-state index is 0. The van der Waals surface area contributed by atoms with Crippen LogP contribution in [0.4, 0.5) is 4.39 Å². The molecular weight excluding hydrogens is 445 g/mol.